The summed E-state index contributed by atoms with van der Waals surface area (Å²) in [4.78, 5) is 116. The molecule has 5 atom stereocenters. The average Bonchev–Trinajstić information content (AvgIpc) is 4.08. The Morgan fingerprint density at radius 1 is 0.910 bits per heavy atom. The summed E-state index contributed by atoms with van der Waals surface area (Å²) < 4.78 is 6.06. The van der Waals surface area contributed by atoms with Gasteiger partial charge in [0, 0.05) is 37.9 Å². The highest BCUT2D eigenvalue weighted by molar-refractivity contribution is 8.15. The minimum atomic E-state index is -1.23. The zero-order valence-corrected chi connectivity index (χ0v) is 39.5. The Bertz CT molecular complexity index is 2280. The van der Waals surface area contributed by atoms with Crippen LogP contribution in [0.4, 0.5) is 10.5 Å². The van der Waals surface area contributed by atoms with E-state index in [0.29, 0.717) is 65.7 Å². The van der Waals surface area contributed by atoms with Crippen LogP contribution in [0.15, 0.2) is 53.5 Å². The van der Waals surface area contributed by atoms with Crippen molar-refractivity contribution in [2.24, 2.45) is 10.7 Å². The highest BCUT2D eigenvalue weighted by Crippen LogP contribution is 2.31. The quantitative estimate of drug-likeness (QED) is 0.0603. The molecule has 67 heavy (non-hydrogen) atoms. The Morgan fingerprint density at radius 2 is 1.64 bits per heavy atom. The van der Waals surface area contributed by atoms with Gasteiger partial charge < -0.3 is 52.0 Å². The van der Waals surface area contributed by atoms with Gasteiger partial charge in [0.15, 0.2) is 6.04 Å². The molecule has 22 heteroatoms. The molecule has 1 fully saturated rings. The van der Waals surface area contributed by atoms with Crippen LogP contribution < -0.4 is 32.3 Å². The number of carbonyl (C=O) groups is 8. The van der Waals surface area contributed by atoms with E-state index < -0.39 is 71.8 Å². The highest BCUT2D eigenvalue weighted by atomic mass is 32.2. The lowest BCUT2D eigenvalue weighted by Crippen LogP contribution is -2.57. The number of benzene rings is 2. The molecular formula is C45H60N10O10S2. The van der Waals surface area contributed by atoms with Crippen molar-refractivity contribution in [2.75, 3.05) is 44.8 Å². The second kappa shape index (κ2) is 25.7. The third-order valence-electron chi connectivity index (χ3n) is 11.0. The fourth-order valence-corrected chi connectivity index (χ4v) is 9.59. The van der Waals surface area contributed by atoms with E-state index in [1.165, 1.54) is 34.9 Å². The third kappa shape index (κ3) is 16.3. The number of unbranched alkanes of at least 4 members (excludes halogenated alkanes) is 2. The van der Waals surface area contributed by atoms with Crippen molar-refractivity contribution in [3.8, 4) is 0 Å². The lowest BCUT2D eigenvalue weighted by molar-refractivity contribution is -0.141. The zero-order chi connectivity index (χ0) is 48.5. The number of alkyl carbamates (subject to hydrolysis) is 1. The lowest BCUT2D eigenvalue weighted by Gasteiger charge is -2.30. The van der Waals surface area contributed by atoms with Gasteiger partial charge in [-0.1, -0.05) is 30.3 Å². The molecule has 3 heterocycles. The minimum absolute atomic E-state index is 0.0611. The van der Waals surface area contributed by atoms with Gasteiger partial charge >= 0.3 is 12.1 Å². The summed E-state index contributed by atoms with van der Waals surface area (Å²) in [5.74, 6) is -3.88. The molecule has 0 saturated carbocycles. The third-order valence-corrected chi connectivity index (χ3v) is 13.2. The Balaban J connectivity index is 1.30. The molecule has 1 aromatic heterocycles. The van der Waals surface area contributed by atoms with Crippen LogP contribution in [0.3, 0.4) is 0 Å². The number of thioether (sulfide) groups is 1. The van der Waals surface area contributed by atoms with Crippen LogP contribution in [0.2, 0.25) is 0 Å². The van der Waals surface area contributed by atoms with Crippen molar-refractivity contribution in [1.82, 2.24) is 36.1 Å². The van der Waals surface area contributed by atoms with E-state index >= 15 is 0 Å². The highest BCUT2D eigenvalue weighted by Gasteiger charge is 2.39. The predicted molar refractivity (Wildman–Crippen MR) is 254 cm³/mol. The van der Waals surface area contributed by atoms with E-state index in [1.807, 2.05) is 25.1 Å². The molecule has 0 bridgehead atoms. The molecule has 20 nitrogen and oxygen atoms in total. The molecule has 7 amide bonds. The molecule has 5 rings (SSSR count). The van der Waals surface area contributed by atoms with Gasteiger partial charge in [0.25, 0.3) is 0 Å². The van der Waals surface area contributed by atoms with E-state index in [-0.39, 0.29) is 51.2 Å². The van der Waals surface area contributed by atoms with Crippen LogP contribution >= 0.6 is 23.1 Å². The Labute approximate surface area is 397 Å². The predicted octanol–water partition coefficient (Wildman–Crippen LogP) is 2.74. The number of likely N-dealkylation sites (tertiary alicyclic amines) is 1. The number of ether oxygens (including phenoxy) is 1. The van der Waals surface area contributed by atoms with Crippen LogP contribution in [0.25, 0.3) is 10.2 Å². The molecule has 1 saturated heterocycles. The molecule has 0 aliphatic carbocycles. The first-order valence-corrected chi connectivity index (χ1v) is 24.1. The maximum absolute atomic E-state index is 14.3. The second-order valence-corrected chi connectivity index (χ2v) is 18.7. The molecule has 362 valence electrons. The van der Waals surface area contributed by atoms with E-state index in [1.54, 1.807) is 42.5 Å². The number of carboxylic acid groups (broad SMARTS) is 1. The fraction of sp³-hybridized carbons (Fsp3) is 0.511. The number of aliphatic imine (C=N–C) groups is 1. The first-order chi connectivity index (χ1) is 32.1. The first kappa shape index (κ1) is 51.8. The maximum atomic E-state index is 14.3. The molecule has 2 aliphatic rings. The molecule has 0 spiro atoms. The van der Waals surface area contributed by atoms with Crippen LogP contribution in [0, 0.1) is 0 Å². The number of carbonyl (C=O) groups excluding carboxylic acids is 7. The van der Waals surface area contributed by atoms with Crippen molar-refractivity contribution in [2.45, 2.75) is 108 Å². The van der Waals surface area contributed by atoms with Gasteiger partial charge in [-0.25, -0.2) is 14.6 Å². The Morgan fingerprint density at radius 3 is 2.33 bits per heavy atom. The zero-order valence-electron chi connectivity index (χ0n) is 37.9. The van der Waals surface area contributed by atoms with Crippen molar-refractivity contribution >= 4 is 91.6 Å². The number of nitrogens with one attached hydrogen (secondary N) is 5. The summed E-state index contributed by atoms with van der Waals surface area (Å²) in [7, 11) is 3.85. The molecule has 3 aromatic rings. The SMILES string of the molecule is CC(=O)NCCCC[C@H](NC(=O)[C@H](CCCCN(C)C)NC(=O)[C@@H]1CCCN1C(=O)[C@H](CCC(N)=O)NC(=O)OCc1ccccc1)C(=O)Nc1ccc2nc(C3=N[C@@H](C(=O)O)CS3)sc2c1. The van der Waals surface area contributed by atoms with Crippen molar-refractivity contribution in [3.63, 3.8) is 0 Å². The molecule has 0 unspecified atom stereocenters. The monoisotopic (exact) mass is 964 g/mol. The molecule has 2 aromatic carbocycles. The summed E-state index contributed by atoms with van der Waals surface area (Å²) in [5, 5.41) is 24.4. The number of anilines is 1. The lowest BCUT2D eigenvalue weighted by atomic mass is 10.0. The van der Waals surface area contributed by atoms with Gasteiger partial charge in [0.2, 0.25) is 35.4 Å². The number of carboxylic acids is 1. The van der Waals surface area contributed by atoms with Gasteiger partial charge in [-0.15, -0.1) is 23.1 Å². The Hall–Kier alpha value is -6.13. The number of aliphatic carboxylic acids is 1. The van der Waals surface area contributed by atoms with Gasteiger partial charge in [-0.3, -0.25) is 33.8 Å². The fourth-order valence-electron chi connectivity index (χ4n) is 7.49. The van der Waals surface area contributed by atoms with Crippen LogP contribution in [-0.2, 0) is 44.9 Å². The number of rotatable bonds is 25. The summed E-state index contributed by atoms with van der Waals surface area (Å²) in [6.07, 6.45) is 2.14. The molecular weight excluding hydrogens is 905 g/mol. The Kier molecular flexibility index (Phi) is 19.9. The number of amides is 7. The number of thiazole rings is 1. The van der Waals surface area contributed by atoms with Gasteiger partial charge in [-0.05, 0) is 102 Å². The van der Waals surface area contributed by atoms with E-state index in [0.717, 1.165) is 16.8 Å². The normalized spacial score (nSPS) is 17.0. The van der Waals surface area contributed by atoms with Crippen LogP contribution in [0.1, 0.15) is 81.7 Å². The van der Waals surface area contributed by atoms with Gasteiger partial charge in [0.05, 0.1) is 10.2 Å². The number of nitrogens with zero attached hydrogens (tertiary/aromatic N) is 4. The van der Waals surface area contributed by atoms with Crippen LogP contribution in [0.5, 0.6) is 0 Å². The molecule has 8 N–H and O–H groups in total. The number of fused-ring (bicyclic) bond motifs is 1. The first-order valence-electron chi connectivity index (χ1n) is 22.3. The number of nitrogens with two attached hydrogens (primary N) is 1. The summed E-state index contributed by atoms with van der Waals surface area (Å²) >= 11 is 2.63. The number of primary amides is 1. The summed E-state index contributed by atoms with van der Waals surface area (Å²) in [6.45, 7) is 2.62. The standard InChI is InChI=1S/C45H60N10O10S2/c1-27(56)47-21-9-7-14-31(38(58)48-29-17-18-30-36(24-29)67-42(51-30)41-52-34(26-66-41)44(62)63)49-39(59)32(15-8-10-22-54(2)3)50-40(60)35-16-11-23-55(35)43(61)33(19-20-37(46)57)53-45(64)65-25-28-12-5-4-6-13-28/h4-6,12-13,17-18,24,31-35H,7-11,14-16,19-23,25-26H2,1-3H3,(H2,46,57)(H,47,56)(H,48,58)(H,49,59)(H,50,60)(H,53,64)(H,62,63)/t31-,32-,33-,34+,35-/m0/s1. The molecule has 0 radical (unpaired) electrons. The minimum Gasteiger partial charge on any atom is -0.480 e. The summed E-state index contributed by atoms with van der Waals surface area (Å²) in [5.41, 5.74) is 7.20. The van der Waals surface area contributed by atoms with Gasteiger partial charge in [-0.2, -0.15) is 0 Å². The number of hydrogen-bond acceptors (Lipinski definition) is 14. The smallest absolute Gasteiger partial charge is 0.408 e. The largest absolute Gasteiger partial charge is 0.480 e. The van der Waals surface area contributed by atoms with Gasteiger partial charge in [0.1, 0.15) is 40.8 Å². The number of hydrogen-bond donors (Lipinski definition) is 7. The van der Waals surface area contributed by atoms with E-state index in [4.69, 9.17) is 10.5 Å². The topological polar surface area (TPSA) is 284 Å². The second-order valence-electron chi connectivity index (χ2n) is 16.6. The average molecular weight is 965 g/mol. The summed E-state index contributed by atoms with van der Waals surface area (Å²) in [6, 6.07) is 8.85. The van der Waals surface area contributed by atoms with Crippen molar-refractivity contribution in [1.29, 1.82) is 0 Å². The number of aromatic nitrogens is 1. The van der Waals surface area contributed by atoms with Crippen molar-refractivity contribution in [3.05, 3.63) is 59.1 Å². The molecule has 2 aliphatic heterocycles. The van der Waals surface area contributed by atoms with Crippen LogP contribution in [-0.4, -0.2) is 142 Å². The van der Waals surface area contributed by atoms with E-state index in [2.05, 4.69) is 36.6 Å². The van der Waals surface area contributed by atoms with Crippen molar-refractivity contribution < 1.29 is 48.2 Å². The maximum Gasteiger partial charge on any atom is 0.408 e. The van der Waals surface area contributed by atoms with E-state index in [9.17, 15) is 43.5 Å².